The van der Waals surface area contributed by atoms with Gasteiger partial charge in [-0.3, -0.25) is 10.1 Å². The van der Waals surface area contributed by atoms with Crippen LogP contribution in [0.5, 0.6) is 5.75 Å². The number of nitrogens with zero attached hydrogens (tertiary/aromatic N) is 5. The van der Waals surface area contributed by atoms with Gasteiger partial charge in [0.1, 0.15) is 17.4 Å². The smallest absolute Gasteiger partial charge is 0.236 e. The number of thioether (sulfide) groups is 1. The van der Waals surface area contributed by atoms with E-state index < -0.39 is 0 Å². The van der Waals surface area contributed by atoms with E-state index in [9.17, 15) is 4.79 Å². The summed E-state index contributed by atoms with van der Waals surface area (Å²) in [6.45, 7) is 6.21. The van der Waals surface area contributed by atoms with E-state index in [1.165, 1.54) is 23.1 Å². The summed E-state index contributed by atoms with van der Waals surface area (Å²) < 4.78 is 7.66. The highest BCUT2D eigenvalue weighted by Crippen LogP contribution is 2.20. The third kappa shape index (κ3) is 5.27. The van der Waals surface area contributed by atoms with Gasteiger partial charge in [0.05, 0.1) is 5.75 Å². The maximum Gasteiger partial charge on any atom is 0.236 e. The van der Waals surface area contributed by atoms with Crippen molar-refractivity contribution in [2.24, 2.45) is 7.05 Å². The molecule has 1 amide bonds. The van der Waals surface area contributed by atoms with Crippen LogP contribution in [0, 0.1) is 20.8 Å². The Morgan fingerprint density at radius 3 is 2.56 bits per heavy atom. The number of ether oxygens (including phenoxy) is 1. The molecular weight excluding hydrogens is 384 g/mol. The lowest BCUT2D eigenvalue weighted by atomic mass is 10.1. The number of aromatic nitrogens is 5. The zero-order chi connectivity index (χ0) is 19.4. The first-order valence-electron chi connectivity index (χ1n) is 8.23. The summed E-state index contributed by atoms with van der Waals surface area (Å²) in [5, 5.41) is 20.7. The molecular formula is C17H20N6O2S2. The zero-order valence-electron chi connectivity index (χ0n) is 15.5. The second-order valence-electron chi connectivity index (χ2n) is 6.03. The Hall–Kier alpha value is -2.46. The molecule has 3 rings (SSSR count). The summed E-state index contributed by atoms with van der Waals surface area (Å²) in [6, 6.07) is 6.06. The lowest BCUT2D eigenvalue weighted by molar-refractivity contribution is -0.113. The van der Waals surface area contributed by atoms with Gasteiger partial charge in [0.2, 0.25) is 11.0 Å². The molecule has 0 aliphatic rings. The van der Waals surface area contributed by atoms with Crippen LogP contribution >= 0.6 is 23.1 Å². The second-order valence-corrected chi connectivity index (χ2v) is 8.16. The van der Waals surface area contributed by atoms with Gasteiger partial charge < -0.3 is 9.30 Å². The van der Waals surface area contributed by atoms with E-state index in [-0.39, 0.29) is 11.7 Å². The van der Waals surface area contributed by atoms with Crippen molar-refractivity contribution in [3.63, 3.8) is 0 Å². The van der Waals surface area contributed by atoms with Gasteiger partial charge in [-0.1, -0.05) is 29.2 Å². The van der Waals surface area contributed by atoms with E-state index in [1.54, 1.807) is 0 Å². The Morgan fingerprint density at radius 1 is 1.15 bits per heavy atom. The lowest BCUT2D eigenvalue weighted by Crippen LogP contribution is -2.14. The molecule has 1 N–H and O–H groups in total. The molecule has 0 aliphatic heterocycles. The van der Waals surface area contributed by atoms with Crippen molar-refractivity contribution in [3.8, 4) is 5.75 Å². The summed E-state index contributed by atoms with van der Waals surface area (Å²) >= 11 is 2.65. The van der Waals surface area contributed by atoms with Crippen LogP contribution in [0.4, 0.5) is 5.13 Å². The van der Waals surface area contributed by atoms with Crippen molar-refractivity contribution < 1.29 is 9.53 Å². The Kier molecular flexibility index (Phi) is 6.07. The van der Waals surface area contributed by atoms with Crippen molar-refractivity contribution in [1.82, 2.24) is 25.0 Å². The van der Waals surface area contributed by atoms with Crippen LogP contribution in [-0.2, 0) is 18.4 Å². The molecule has 0 unspecified atom stereocenters. The van der Waals surface area contributed by atoms with Gasteiger partial charge in [-0.25, -0.2) is 0 Å². The molecule has 0 bridgehead atoms. The van der Waals surface area contributed by atoms with Gasteiger partial charge in [-0.2, -0.15) is 0 Å². The van der Waals surface area contributed by atoms with E-state index in [4.69, 9.17) is 4.74 Å². The molecule has 0 saturated carbocycles. The highest BCUT2D eigenvalue weighted by molar-refractivity contribution is 7.99. The average molecular weight is 405 g/mol. The molecule has 10 heteroatoms. The van der Waals surface area contributed by atoms with Crippen LogP contribution in [0.2, 0.25) is 0 Å². The standard InChI is InChI=1S/C17H20N6O2S2/c1-10-5-11(2)7-13(6-10)25-8-14-20-22-17(23(14)4)26-9-15(24)18-16-21-19-12(3)27-16/h5-7H,8-9H2,1-4H3,(H,18,21,24). The van der Waals surface area contributed by atoms with Crippen molar-refractivity contribution in [3.05, 3.63) is 40.2 Å². The quantitative estimate of drug-likeness (QED) is 0.605. The molecule has 2 aromatic heterocycles. The van der Waals surface area contributed by atoms with Crippen LogP contribution in [-0.4, -0.2) is 36.6 Å². The maximum absolute atomic E-state index is 12.0. The molecule has 0 spiro atoms. The van der Waals surface area contributed by atoms with Crippen molar-refractivity contribution >= 4 is 34.1 Å². The minimum Gasteiger partial charge on any atom is -0.486 e. The lowest BCUT2D eigenvalue weighted by Gasteiger charge is -2.08. The predicted molar refractivity (Wildman–Crippen MR) is 105 cm³/mol. The number of benzene rings is 1. The molecule has 3 aromatic rings. The van der Waals surface area contributed by atoms with E-state index in [2.05, 4.69) is 31.8 Å². The molecule has 0 saturated heterocycles. The number of hydrogen-bond acceptors (Lipinski definition) is 8. The van der Waals surface area contributed by atoms with Crippen molar-refractivity contribution in [1.29, 1.82) is 0 Å². The van der Waals surface area contributed by atoms with Gasteiger partial charge in [0.15, 0.2) is 11.0 Å². The van der Waals surface area contributed by atoms with E-state index in [0.717, 1.165) is 21.9 Å². The summed E-state index contributed by atoms with van der Waals surface area (Å²) in [5.74, 6) is 1.54. The number of anilines is 1. The van der Waals surface area contributed by atoms with Crippen molar-refractivity contribution in [2.45, 2.75) is 32.5 Å². The van der Waals surface area contributed by atoms with Gasteiger partial charge in [-0.15, -0.1) is 20.4 Å². The van der Waals surface area contributed by atoms with E-state index in [1.807, 2.05) is 44.5 Å². The van der Waals surface area contributed by atoms with Crippen LogP contribution < -0.4 is 10.1 Å². The molecule has 0 fully saturated rings. The van der Waals surface area contributed by atoms with Crippen molar-refractivity contribution in [2.75, 3.05) is 11.1 Å². The van der Waals surface area contributed by atoms with Gasteiger partial charge in [-0.05, 0) is 44.0 Å². The molecule has 1 aromatic carbocycles. The number of amides is 1. The number of nitrogens with one attached hydrogen (secondary N) is 1. The second kappa shape index (κ2) is 8.49. The molecule has 8 nitrogen and oxygen atoms in total. The first-order chi connectivity index (χ1) is 12.9. The van der Waals surface area contributed by atoms with Crippen LogP contribution in [0.15, 0.2) is 23.4 Å². The van der Waals surface area contributed by atoms with E-state index >= 15 is 0 Å². The maximum atomic E-state index is 12.0. The number of hydrogen-bond donors (Lipinski definition) is 1. The number of carbonyl (C=O) groups is 1. The first kappa shape index (κ1) is 19.3. The summed E-state index contributed by atoms with van der Waals surface area (Å²) in [6.07, 6.45) is 0. The number of carbonyl (C=O) groups excluding carboxylic acids is 1. The fourth-order valence-electron chi connectivity index (χ4n) is 2.39. The molecule has 0 aliphatic carbocycles. The molecule has 0 radical (unpaired) electrons. The monoisotopic (exact) mass is 404 g/mol. The van der Waals surface area contributed by atoms with Crippen LogP contribution in [0.25, 0.3) is 0 Å². The molecule has 27 heavy (non-hydrogen) atoms. The Balaban J connectivity index is 1.54. The Bertz CT molecular complexity index is 933. The predicted octanol–water partition coefficient (Wildman–Crippen LogP) is 2.90. The third-order valence-electron chi connectivity index (χ3n) is 3.59. The number of rotatable bonds is 7. The Labute approximate surface area is 165 Å². The largest absolute Gasteiger partial charge is 0.486 e. The average Bonchev–Trinajstić information content (AvgIpc) is 3.16. The third-order valence-corrected chi connectivity index (χ3v) is 5.37. The SMILES string of the molecule is Cc1cc(C)cc(OCc2nnc(SCC(=O)Nc3nnc(C)s3)n2C)c1. The highest BCUT2D eigenvalue weighted by atomic mass is 32.2. The fourth-order valence-corrected chi connectivity index (χ4v) is 3.73. The van der Waals surface area contributed by atoms with Crippen LogP contribution in [0.1, 0.15) is 22.0 Å². The minimum atomic E-state index is -0.160. The minimum absolute atomic E-state index is 0.160. The van der Waals surface area contributed by atoms with Gasteiger partial charge in [0, 0.05) is 7.05 Å². The summed E-state index contributed by atoms with van der Waals surface area (Å²) in [4.78, 5) is 12.0. The molecule has 142 valence electrons. The zero-order valence-corrected chi connectivity index (χ0v) is 17.1. The highest BCUT2D eigenvalue weighted by Gasteiger charge is 2.13. The molecule has 0 atom stereocenters. The molecule has 2 heterocycles. The summed E-state index contributed by atoms with van der Waals surface area (Å²) in [7, 11) is 1.86. The normalized spacial score (nSPS) is 10.8. The first-order valence-corrected chi connectivity index (χ1v) is 10.0. The fraction of sp³-hybridized carbons (Fsp3) is 0.353. The topological polar surface area (TPSA) is 94.8 Å². The number of aryl methyl sites for hydroxylation is 3. The summed E-state index contributed by atoms with van der Waals surface area (Å²) in [5.41, 5.74) is 2.30. The van der Waals surface area contributed by atoms with E-state index in [0.29, 0.717) is 22.7 Å². The van der Waals surface area contributed by atoms with Gasteiger partial charge >= 0.3 is 0 Å². The Morgan fingerprint density at radius 2 is 1.89 bits per heavy atom. The van der Waals surface area contributed by atoms with Crippen LogP contribution in [0.3, 0.4) is 0 Å². The van der Waals surface area contributed by atoms with Gasteiger partial charge in [0.25, 0.3) is 0 Å².